The number of nitrogens with one attached hydrogen (secondary N) is 1. The van der Waals surface area contributed by atoms with Gasteiger partial charge < -0.3 is 10.5 Å². The number of rotatable bonds is 3. The van der Waals surface area contributed by atoms with Gasteiger partial charge in [-0.25, -0.2) is 0 Å². The zero-order valence-electron chi connectivity index (χ0n) is 15.3. The van der Waals surface area contributed by atoms with Crippen molar-refractivity contribution in [3.05, 3.63) is 82.2 Å². The largest absolute Gasteiger partial charge is 0.420 e. The van der Waals surface area contributed by atoms with Crippen molar-refractivity contribution in [1.29, 1.82) is 5.26 Å². The first kappa shape index (κ1) is 16.9. The Bertz CT molecular complexity index is 1050. The minimum Gasteiger partial charge on any atom is -0.420 e. The van der Waals surface area contributed by atoms with E-state index in [0.29, 0.717) is 11.5 Å². The molecule has 0 fully saturated rings. The third-order valence-corrected chi connectivity index (χ3v) is 5.00. The van der Waals surface area contributed by atoms with Crippen LogP contribution in [0.4, 0.5) is 0 Å². The summed E-state index contributed by atoms with van der Waals surface area (Å²) in [5.41, 5.74) is 12.5. The lowest BCUT2D eigenvalue weighted by Gasteiger charge is -2.24. The van der Waals surface area contributed by atoms with Gasteiger partial charge in [0, 0.05) is 5.56 Å². The Hall–Kier alpha value is -3.52. The minimum absolute atomic E-state index is 0.108. The van der Waals surface area contributed by atoms with Crippen LogP contribution in [0, 0.1) is 18.3 Å². The molecule has 134 valence electrons. The van der Waals surface area contributed by atoms with Gasteiger partial charge in [0.2, 0.25) is 11.8 Å². The molecule has 0 amide bonds. The summed E-state index contributed by atoms with van der Waals surface area (Å²) in [5.74, 6) is 0.211. The summed E-state index contributed by atoms with van der Waals surface area (Å²) in [5, 5.41) is 17.1. The van der Waals surface area contributed by atoms with E-state index in [-0.39, 0.29) is 11.8 Å². The number of hydrogen-bond donors (Lipinski definition) is 2. The lowest BCUT2D eigenvalue weighted by Crippen LogP contribution is -2.21. The average Bonchev–Trinajstić information content (AvgIpc) is 3.11. The normalized spacial score (nSPS) is 15.8. The Balaban J connectivity index is 1.90. The molecule has 5 nitrogen and oxygen atoms in total. The molecular weight excluding hydrogens is 336 g/mol. The summed E-state index contributed by atoms with van der Waals surface area (Å²) in [6, 6.07) is 18.7. The SMILES string of the molecule is CCc1ccc(C2C(C#N)=C(N)Oc3n[nH]c(-c4ccc(C)cc4)c32)cc1. The molecular formula is C22H20N4O. The van der Waals surface area contributed by atoms with Crippen molar-refractivity contribution in [3.8, 4) is 23.2 Å². The highest BCUT2D eigenvalue weighted by Crippen LogP contribution is 2.45. The maximum atomic E-state index is 9.76. The molecule has 27 heavy (non-hydrogen) atoms. The van der Waals surface area contributed by atoms with Gasteiger partial charge in [-0.05, 0) is 24.5 Å². The van der Waals surface area contributed by atoms with Crippen molar-refractivity contribution in [2.45, 2.75) is 26.2 Å². The van der Waals surface area contributed by atoms with E-state index in [0.717, 1.165) is 28.8 Å². The van der Waals surface area contributed by atoms with Gasteiger partial charge in [-0.1, -0.05) is 61.0 Å². The number of aromatic amines is 1. The Kier molecular flexibility index (Phi) is 4.17. The quantitative estimate of drug-likeness (QED) is 0.737. The van der Waals surface area contributed by atoms with E-state index < -0.39 is 0 Å². The van der Waals surface area contributed by atoms with Crippen molar-refractivity contribution in [3.63, 3.8) is 0 Å². The number of benzene rings is 2. The summed E-state index contributed by atoms with van der Waals surface area (Å²) in [6.45, 7) is 4.16. The Morgan fingerprint density at radius 3 is 2.48 bits per heavy atom. The van der Waals surface area contributed by atoms with Crippen LogP contribution < -0.4 is 10.5 Å². The van der Waals surface area contributed by atoms with Gasteiger partial charge in [-0.3, -0.25) is 5.10 Å². The highest BCUT2D eigenvalue weighted by atomic mass is 16.5. The maximum Gasteiger partial charge on any atom is 0.244 e. The molecule has 0 radical (unpaired) electrons. The van der Waals surface area contributed by atoms with Gasteiger partial charge in [-0.15, -0.1) is 5.10 Å². The average molecular weight is 356 g/mol. The second-order valence-electron chi connectivity index (χ2n) is 6.70. The van der Waals surface area contributed by atoms with Crippen LogP contribution in [0.2, 0.25) is 0 Å². The molecule has 4 rings (SSSR count). The third kappa shape index (κ3) is 2.85. The Morgan fingerprint density at radius 2 is 1.85 bits per heavy atom. The molecule has 1 aromatic heterocycles. The molecule has 3 aromatic rings. The molecule has 1 aliphatic heterocycles. The van der Waals surface area contributed by atoms with Crippen LogP contribution in [0.25, 0.3) is 11.3 Å². The van der Waals surface area contributed by atoms with Gasteiger partial charge in [0.05, 0.1) is 17.2 Å². The highest BCUT2D eigenvalue weighted by Gasteiger charge is 2.35. The van der Waals surface area contributed by atoms with E-state index in [1.807, 2.05) is 31.2 Å². The summed E-state index contributed by atoms with van der Waals surface area (Å²) >= 11 is 0. The summed E-state index contributed by atoms with van der Waals surface area (Å²) in [7, 11) is 0. The van der Waals surface area contributed by atoms with E-state index in [2.05, 4.69) is 47.5 Å². The lowest BCUT2D eigenvalue weighted by molar-refractivity contribution is 0.379. The minimum atomic E-state index is -0.320. The smallest absolute Gasteiger partial charge is 0.244 e. The highest BCUT2D eigenvalue weighted by molar-refractivity contribution is 5.71. The standard InChI is InChI=1S/C22H20N4O/c1-3-14-6-10-15(11-7-14)18-17(12-23)21(24)27-22-19(18)20(25-26-22)16-8-4-13(2)5-9-16/h4-11,18H,3,24H2,1-2H3,(H,25,26). The Labute approximate surface area is 158 Å². The van der Waals surface area contributed by atoms with Crippen LogP contribution in [-0.2, 0) is 6.42 Å². The van der Waals surface area contributed by atoms with Crippen molar-refractivity contribution in [1.82, 2.24) is 10.2 Å². The number of H-pyrrole nitrogens is 1. The molecule has 1 atom stereocenters. The third-order valence-electron chi connectivity index (χ3n) is 5.00. The number of allylic oxidation sites excluding steroid dienone is 1. The van der Waals surface area contributed by atoms with Crippen molar-refractivity contribution in [2.75, 3.05) is 0 Å². The summed E-state index contributed by atoms with van der Waals surface area (Å²) in [4.78, 5) is 0. The van der Waals surface area contributed by atoms with Crippen molar-refractivity contribution in [2.24, 2.45) is 5.73 Å². The van der Waals surface area contributed by atoms with Crippen LogP contribution in [-0.4, -0.2) is 10.2 Å². The van der Waals surface area contributed by atoms with Gasteiger partial charge in [0.25, 0.3) is 0 Å². The molecule has 1 aliphatic rings. The van der Waals surface area contributed by atoms with E-state index in [1.165, 1.54) is 11.1 Å². The van der Waals surface area contributed by atoms with Crippen LogP contribution >= 0.6 is 0 Å². The van der Waals surface area contributed by atoms with Crippen LogP contribution in [0.1, 0.15) is 35.1 Å². The van der Waals surface area contributed by atoms with Crippen molar-refractivity contribution >= 4 is 0 Å². The van der Waals surface area contributed by atoms with E-state index in [1.54, 1.807) is 0 Å². The first-order chi connectivity index (χ1) is 13.1. The number of aromatic nitrogens is 2. The van der Waals surface area contributed by atoms with Gasteiger partial charge in [0.15, 0.2) is 0 Å². The molecule has 1 unspecified atom stereocenters. The van der Waals surface area contributed by atoms with Crippen LogP contribution in [0.3, 0.4) is 0 Å². The lowest BCUT2D eigenvalue weighted by atomic mass is 9.82. The zero-order valence-corrected chi connectivity index (χ0v) is 15.3. The van der Waals surface area contributed by atoms with E-state index in [9.17, 15) is 5.26 Å². The maximum absolute atomic E-state index is 9.76. The molecule has 5 heteroatoms. The first-order valence-corrected chi connectivity index (χ1v) is 8.94. The van der Waals surface area contributed by atoms with Crippen LogP contribution in [0.15, 0.2) is 60.0 Å². The number of ether oxygens (including phenoxy) is 1. The molecule has 0 aliphatic carbocycles. The predicted octanol–water partition coefficient (Wildman–Crippen LogP) is 4.17. The first-order valence-electron chi connectivity index (χ1n) is 8.94. The fourth-order valence-electron chi connectivity index (χ4n) is 3.46. The Morgan fingerprint density at radius 1 is 1.15 bits per heavy atom. The van der Waals surface area contributed by atoms with E-state index in [4.69, 9.17) is 10.5 Å². The van der Waals surface area contributed by atoms with Gasteiger partial charge >= 0.3 is 0 Å². The number of hydrogen-bond acceptors (Lipinski definition) is 4. The predicted molar refractivity (Wildman–Crippen MR) is 104 cm³/mol. The molecule has 0 spiro atoms. The topological polar surface area (TPSA) is 87.7 Å². The van der Waals surface area contributed by atoms with E-state index >= 15 is 0 Å². The van der Waals surface area contributed by atoms with Crippen LogP contribution in [0.5, 0.6) is 5.88 Å². The number of nitrogens with two attached hydrogens (primary N) is 1. The second-order valence-corrected chi connectivity index (χ2v) is 6.70. The molecule has 2 heterocycles. The number of nitrogens with zero attached hydrogens (tertiary/aromatic N) is 2. The molecule has 0 saturated carbocycles. The second kappa shape index (κ2) is 6.65. The molecule has 0 saturated heterocycles. The fraction of sp³-hybridized carbons (Fsp3) is 0.182. The zero-order chi connectivity index (χ0) is 19.0. The summed E-state index contributed by atoms with van der Waals surface area (Å²) in [6.07, 6.45) is 0.961. The molecule has 3 N–H and O–H groups in total. The monoisotopic (exact) mass is 356 g/mol. The number of aryl methyl sites for hydroxylation is 2. The summed E-state index contributed by atoms with van der Waals surface area (Å²) < 4.78 is 5.65. The van der Waals surface area contributed by atoms with Gasteiger partial charge in [-0.2, -0.15) is 5.26 Å². The fourth-order valence-corrected chi connectivity index (χ4v) is 3.46. The molecule has 2 aromatic carbocycles. The molecule has 0 bridgehead atoms. The van der Waals surface area contributed by atoms with Gasteiger partial charge in [0.1, 0.15) is 11.6 Å². The number of fused-ring (bicyclic) bond motifs is 1. The number of nitriles is 1. The van der Waals surface area contributed by atoms with Crippen molar-refractivity contribution < 1.29 is 4.74 Å².